The van der Waals surface area contributed by atoms with E-state index in [-0.39, 0.29) is 113 Å². The van der Waals surface area contributed by atoms with Crippen LogP contribution in [0.25, 0.3) is 0 Å². The summed E-state index contributed by atoms with van der Waals surface area (Å²) in [5.74, 6) is -6.77. The van der Waals surface area contributed by atoms with Crippen LogP contribution in [0.1, 0.15) is 97.0 Å². The van der Waals surface area contributed by atoms with Crippen LogP contribution in [0.4, 0.5) is 0 Å². The summed E-state index contributed by atoms with van der Waals surface area (Å²) in [6.07, 6.45) is 3.80. The van der Waals surface area contributed by atoms with Crippen LogP contribution < -0.4 is 76.5 Å². The quantitative estimate of drug-likeness (QED) is 0.0308. The summed E-state index contributed by atoms with van der Waals surface area (Å²) in [5.41, 5.74) is 28.1. The number of aromatic hydroxyl groups is 1. The zero-order chi connectivity index (χ0) is 58.9. The van der Waals surface area contributed by atoms with Gasteiger partial charge in [0.2, 0.25) is 59.1 Å². The molecule has 20 N–H and O–H groups in total. The molecule has 442 valence electrons. The predicted octanol–water partition coefficient (Wildman–Crippen LogP) is -2.68. The first-order valence-electron chi connectivity index (χ1n) is 26.0. The maximum atomic E-state index is 14.1. The number of phenols is 1. The van der Waals surface area contributed by atoms with E-state index in [1.807, 2.05) is 6.26 Å². The minimum atomic E-state index is -1.29. The minimum Gasteiger partial charge on any atom is -0.508 e. The molecule has 0 saturated carbocycles. The van der Waals surface area contributed by atoms with Gasteiger partial charge in [0.1, 0.15) is 48.0 Å². The largest absolute Gasteiger partial charge is 0.508 e. The lowest BCUT2D eigenvalue weighted by atomic mass is 10.00. The lowest BCUT2D eigenvalue weighted by molar-refractivity contribution is -0.134. The molecular formula is C49H82N16O11S3. The zero-order valence-corrected chi connectivity index (χ0v) is 47.8. The van der Waals surface area contributed by atoms with E-state index in [4.69, 9.17) is 28.7 Å². The Morgan fingerprint density at radius 2 is 1.25 bits per heavy atom. The van der Waals surface area contributed by atoms with E-state index >= 15 is 0 Å². The number of rotatable bonds is 18. The summed E-state index contributed by atoms with van der Waals surface area (Å²) in [6, 6.07) is -2.00. The molecule has 27 nitrogen and oxygen atoms in total. The lowest BCUT2D eigenvalue weighted by Crippen LogP contribution is -2.58. The third kappa shape index (κ3) is 29.2. The number of nitrogens with zero attached hydrogens (tertiary/aromatic N) is 2. The molecule has 0 radical (unpaired) electrons. The molecule has 1 fully saturated rings. The average Bonchev–Trinajstić information content (AvgIpc) is 3.38. The molecule has 7 atom stereocenters. The molecule has 0 aliphatic carbocycles. The molecule has 0 spiro atoms. The number of phenolic OH excluding ortho intramolecular Hbond substituents is 1. The fourth-order valence-corrected chi connectivity index (χ4v) is 10.4. The van der Waals surface area contributed by atoms with Gasteiger partial charge in [0.15, 0.2) is 11.9 Å². The number of carbonyl (C=O) groups excluding carboxylic acids is 10. The molecule has 1 aromatic rings. The van der Waals surface area contributed by atoms with E-state index in [1.54, 1.807) is 26.0 Å². The van der Waals surface area contributed by atoms with Crippen molar-refractivity contribution in [2.45, 2.75) is 140 Å². The van der Waals surface area contributed by atoms with E-state index in [0.717, 1.165) is 21.6 Å². The Bertz CT molecular complexity index is 2240. The summed E-state index contributed by atoms with van der Waals surface area (Å²) < 4.78 is 0. The smallest absolute Gasteiger partial charge is 0.244 e. The van der Waals surface area contributed by atoms with E-state index in [1.165, 1.54) is 30.8 Å². The van der Waals surface area contributed by atoms with Crippen molar-refractivity contribution < 1.29 is 53.1 Å². The van der Waals surface area contributed by atoms with Crippen molar-refractivity contribution in [2.75, 3.05) is 49.7 Å². The number of nitrogens with two attached hydrogens (primary N) is 5. The van der Waals surface area contributed by atoms with Crippen molar-refractivity contribution in [1.82, 2.24) is 47.9 Å². The number of hydrogen-bond acceptors (Lipinski definition) is 16. The topological polar surface area (TPSA) is 454 Å². The molecule has 1 aromatic carbocycles. The molecule has 0 aromatic heterocycles. The van der Waals surface area contributed by atoms with Gasteiger partial charge < -0.3 is 81.6 Å². The molecular weight excluding hydrogens is 1080 g/mol. The van der Waals surface area contributed by atoms with Gasteiger partial charge in [-0.05, 0) is 93.4 Å². The fourth-order valence-electron chi connectivity index (χ4n) is 7.60. The van der Waals surface area contributed by atoms with Gasteiger partial charge in [0.05, 0.1) is 0 Å². The van der Waals surface area contributed by atoms with Crippen molar-refractivity contribution >= 4 is 104 Å². The number of guanidine groups is 2. The number of nitrogens with one attached hydrogen (secondary N) is 9. The number of primary amides is 1. The molecule has 10 amide bonds. The lowest BCUT2D eigenvalue weighted by Gasteiger charge is -2.27. The van der Waals surface area contributed by atoms with Gasteiger partial charge in [-0.15, -0.1) is 0 Å². The van der Waals surface area contributed by atoms with E-state index in [0.29, 0.717) is 30.6 Å². The summed E-state index contributed by atoms with van der Waals surface area (Å²) in [5, 5.41) is 34.4. The Kier molecular flexibility index (Phi) is 32.9. The van der Waals surface area contributed by atoms with Crippen molar-refractivity contribution in [2.24, 2.45) is 44.6 Å². The molecule has 0 unspecified atom stereocenters. The molecule has 79 heavy (non-hydrogen) atoms. The summed E-state index contributed by atoms with van der Waals surface area (Å²) >= 11 is 1.43. The minimum absolute atomic E-state index is 0.0000787. The second-order valence-corrected chi connectivity index (χ2v) is 22.5. The van der Waals surface area contributed by atoms with Crippen LogP contribution in [-0.2, 0) is 54.4 Å². The monoisotopic (exact) mass is 1170 g/mol. The predicted molar refractivity (Wildman–Crippen MR) is 306 cm³/mol. The molecule has 1 aliphatic rings. The normalized spacial score (nSPS) is 22.0. The standard InChI is InChI=1S/C49H82N16O11S3/c1-28(2)40-47(76)63-35(25-30-15-17-31(67)18-16-30)43(72)56-21-8-6-14-39(69)61-36(41(50)70)26-78-79-27-37(64-44(73)32(59-29(3)66)11-9-22-57-48(51)52)46(75)62-34(19-24-77-4)42(71)55-20-7-5-13-38(68)60-33(45(74)65-40)12-10-23-58-49(53)54/h15-18,28,32-37,40,67H,5-14,19-27H2,1-4H3,(H2,50,70)(H,55,71)(H,56,72)(H,59,66)(H,60,68)(H,61,69)(H,62,75)(H,63,76)(H,64,73)(H,65,74)(H4,51,52,57)(H4,53,54,58)/t32-,33-,34-,35-,36-,37-,40-/m0/s1. The highest BCUT2D eigenvalue weighted by atomic mass is 33.1. The highest BCUT2D eigenvalue weighted by Crippen LogP contribution is 2.24. The van der Waals surface area contributed by atoms with E-state index in [9.17, 15) is 53.1 Å². The van der Waals surface area contributed by atoms with E-state index < -0.39 is 107 Å². The van der Waals surface area contributed by atoms with E-state index in [2.05, 4.69) is 57.8 Å². The highest BCUT2D eigenvalue weighted by Gasteiger charge is 2.33. The molecule has 2 rings (SSSR count). The Balaban J connectivity index is 2.47. The van der Waals surface area contributed by atoms with Crippen molar-refractivity contribution in [3.05, 3.63) is 29.8 Å². The van der Waals surface area contributed by atoms with Gasteiger partial charge >= 0.3 is 0 Å². The van der Waals surface area contributed by atoms with Crippen molar-refractivity contribution in [1.29, 1.82) is 0 Å². The Morgan fingerprint density at radius 3 is 1.82 bits per heavy atom. The van der Waals surface area contributed by atoms with Crippen LogP contribution in [0.15, 0.2) is 34.3 Å². The Morgan fingerprint density at radius 1 is 0.696 bits per heavy atom. The van der Waals surface area contributed by atoms with Gasteiger partial charge in [-0.25, -0.2) is 0 Å². The number of aliphatic imine (C=N–C) groups is 2. The number of carbonyl (C=O) groups is 10. The Hall–Kier alpha value is -6.69. The molecule has 30 heteroatoms. The Labute approximate surface area is 473 Å². The third-order valence-corrected chi connectivity index (χ3v) is 14.9. The van der Waals surface area contributed by atoms with Crippen LogP contribution in [0.2, 0.25) is 0 Å². The summed E-state index contributed by atoms with van der Waals surface area (Å²) in [7, 11) is 2.16. The summed E-state index contributed by atoms with van der Waals surface area (Å²) in [4.78, 5) is 142. The van der Waals surface area contributed by atoms with Gasteiger partial charge in [-0.3, -0.25) is 57.9 Å². The van der Waals surface area contributed by atoms with Gasteiger partial charge in [0, 0.05) is 63.9 Å². The molecule has 1 aliphatic heterocycles. The van der Waals surface area contributed by atoms with Crippen LogP contribution >= 0.6 is 33.3 Å². The van der Waals surface area contributed by atoms with Crippen LogP contribution in [-0.4, -0.2) is 168 Å². The van der Waals surface area contributed by atoms with Gasteiger partial charge in [-0.1, -0.05) is 47.6 Å². The van der Waals surface area contributed by atoms with Crippen LogP contribution in [0.3, 0.4) is 0 Å². The number of benzene rings is 1. The number of thioether (sulfide) groups is 1. The zero-order valence-electron chi connectivity index (χ0n) is 45.4. The highest BCUT2D eigenvalue weighted by molar-refractivity contribution is 8.76. The van der Waals surface area contributed by atoms with Gasteiger partial charge in [0.25, 0.3) is 0 Å². The number of amides is 10. The first kappa shape index (κ1) is 68.4. The fraction of sp³-hybridized carbons (Fsp3) is 0.633. The maximum Gasteiger partial charge on any atom is 0.244 e. The van der Waals surface area contributed by atoms with Crippen LogP contribution in [0.5, 0.6) is 5.75 Å². The molecule has 0 bridgehead atoms. The first-order valence-corrected chi connectivity index (χ1v) is 29.9. The summed E-state index contributed by atoms with van der Waals surface area (Å²) in [6.45, 7) is 5.10. The SMILES string of the molecule is CSCC[C@@H]1NC(=O)[C@@H](NC(=O)[C@H](CCCN=C(N)N)NC(C)=O)CSSC[C@@H](C(N)=O)NC(=O)CCCCNC(=O)[C@H](Cc2ccc(O)cc2)NC(=O)[C@H](C(C)C)NC(=O)[C@H](CCCN=C(N)N)NC(=O)CCCCNC1=O. The van der Waals surface area contributed by atoms with Crippen LogP contribution in [0, 0.1) is 5.92 Å². The maximum absolute atomic E-state index is 14.1. The third-order valence-electron chi connectivity index (χ3n) is 11.9. The van der Waals surface area contributed by atoms with Gasteiger partial charge in [-0.2, -0.15) is 11.8 Å². The molecule has 1 saturated heterocycles. The van der Waals surface area contributed by atoms with Crippen molar-refractivity contribution in [3.8, 4) is 5.75 Å². The molecule has 1 heterocycles. The second kappa shape index (κ2) is 38.0. The average molecular weight is 1170 g/mol. The van der Waals surface area contributed by atoms with Crippen molar-refractivity contribution in [3.63, 3.8) is 0 Å². The number of hydrogen-bond donors (Lipinski definition) is 15. The second-order valence-electron chi connectivity index (χ2n) is 18.9. The first-order chi connectivity index (χ1) is 37.5.